The number of carboxylic acids is 1. The van der Waals surface area contributed by atoms with Crippen LogP contribution in [0.1, 0.15) is 66.9 Å². The Hall–Kier alpha value is -1.77. The minimum absolute atomic E-state index is 0.0761. The molecule has 0 radical (unpaired) electrons. The van der Waals surface area contributed by atoms with E-state index >= 15 is 0 Å². The molecule has 168 valence electrons. The minimum Gasteiger partial charge on any atom is -0.481 e. The Morgan fingerprint density at radius 2 is 1.50 bits per heavy atom. The van der Waals surface area contributed by atoms with Gasteiger partial charge in [0, 0.05) is 9.99 Å². The Labute approximate surface area is 192 Å². The Morgan fingerprint density at radius 3 is 1.83 bits per heavy atom. The van der Waals surface area contributed by atoms with Crippen LogP contribution >= 0.6 is 22.6 Å². The number of carbonyl (C=O) groups is 4. The summed E-state index contributed by atoms with van der Waals surface area (Å²) in [5.74, 6) is -2.73. The molecule has 0 saturated heterocycles. The number of hydrogen-bond acceptors (Lipinski definition) is 5. The molecule has 0 saturated carbocycles. The molecular weight excluding hydrogens is 499 g/mol. The first-order valence-electron chi connectivity index (χ1n) is 9.74. The number of hydrogen-bond donors (Lipinski definition) is 1. The van der Waals surface area contributed by atoms with Crippen molar-refractivity contribution in [2.45, 2.75) is 73.3 Å². The van der Waals surface area contributed by atoms with Crippen LogP contribution in [0.3, 0.4) is 0 Å². The van der Waals surface area contributed by atoms with E-state index in [9.17, 15) is 19.2 Å². The Morgan fingerprint density at radius 1 is 1.00 bits per heavy atom. The third kappa shape index (κ3) is 12.7. The maximum atomic E-state index is 11.7. The van der Waals surface area contributed by atoms with Crippen LogP contribution in [0.15, 0.2) is 24.3 Å². The standard InChI is InChI=1S/C15H19IO3.C8H14O3/c1-15(2,3)19-14(18)10-13(17)9-6-11-4-7-12(16)8-5-11;1-5(9)6(7(10)11)8(2,3)4/h4-5,7-8H,6,9-10H2,1-3H3;6H,1-4H3,(H,10,11). The summed E-state index contributed by atoms with van der Waals surface area (Å²) in [5.41, 5.74) is 0.0865. The van der Waals surface area contributed by atoms with Crippen LogP contribution in [0.5, 0.6) is 0 Å². The van der Waals surface area contributed by atoms with Gasteiger partial charge in [0.1, 0.15) is 29.5 Å². The average molecular weight is 532 g/mol. The maximum Gasteiger partial charge on any atom is 0.314 e. The summed E-state index contributed by atoms with van der Waals surface area (Å²) in [6.07, 6.45) is 0.903. The summed E-state index contributed by atoms with van der Waals surface area (Å²) >= 11 is 2.24. The summed E-state index contributed by atoms with van der Waals surface area (Å²) in [6.45, 7) is 11.9. The summed E-state index contributed by atoms with van der Waals surface area (Å²) in [6, 6.07) is 8.02. The van der Waals surface area contributed by atoms with Gasteiger partial charge in [-0.3, -0.25) is 19.2 Å². The SMILES string of the molecule is CC(=O)C(C(=O)O)C(C)(C)C.CC(C)(C)OC(=O)CC(=O)CCc1ccc(I)cc1. The number of halogens is 1. The van der Waals surface area contributed by atoms with Crippen LogP contribution in [0.2, 0.25) is 0 Å². The van der Waals surface area contributed by atoms with E-state index in [0.29, 0.717) is 12.8 Å². The minimum atomic E-state index is -1.04. The molecule has 0 fully saturated rings. The predicted octanol–water partition coefficient (Wildman–Crippen LogP) is 4.85. The number of carboxylic acid groups (broad SMARTS) is 1. The van der Waals surface area contributed by atoms with E-state index in [0.717, 1.165) is 5.56 Å². The number of Topliss-reactive ketones (excluding diaryl/α,β-unsaturated/α-hetero) is 2. The van der Waals surface area contributed by atoms with Gasteiger partial charge in [-0.05, 0) is 79.8 Å². The molecule has 0 aliphatic carbocycles. The molecular formula is C23H33IO6. The van der Waals surface area contributed by atoms with Gasteiger partial charge in [0.15, 0.2) is 0 Å². The molecule has 7 heteroatoms. The lowest BCUT2D eigenvalue weighted by molar-refractivity contribution is -0.156. The van der Waals surface area contributed by atoms with Gasteiger partial charge >= 0.3 is 11.9 Å². The van der Waals surface area contributed by atoms with E-state index < -0.39 is 28.9 Å². The van der Waals surface area contributed by atoms with Gasteiger partial charge in [0.2, 0.25) is 0 Å². The highest BCUT2D eigenvalue weighted by Crippen LogP contribution is 2.26. The zero-order valence-electron chi connectivity index (χ0n) is 18.9. The van der Waals surface area contributed by atoms with Gasteiger partial charge in [0.05, 0.1) is 0 Å². The second-order valence-corrected chi connectivity index (χ2v) is 10.4. The second-order valence-electron chi connectivity index (χ2n) is 9.18. The molecule has 0 aliphatic rings. The van der Waals surface area contributed by atoms with Crippen LogP contribution in [-0.2, 0) is 30.3 Å². The molecule has 1 unspecified atom stereocenters. The first kappa shape index (κ1) is 28.2. The summed E-state index contributed by atoms with van der Waals surface area (Å²) in [7, 11) is 0. The van der Waals surface area contributed by atoms with Crippen molar-refractivity contribution >= 4 is 46.1 Å². The molecule has 1 aromatic carbocycles. The third-order valence-electron chi connectivity index (χ3n) is 3.89. The number of benzene rings is 1. The Bertz CT molecular complexity index is 724. The molecule has 0 aromatic heterocycles. The van der Waals surface area contributed by atoms with E-state index in [1.807, 2.05) is 24.3 Å². The van der Waals surface area contributed by atoms with Crippen molar-refractivity contribution in [2.75, 3.05) is 0 Å². The van der Waals surface area contributed by atoms with Gasteiger partial charge < -0.3 is 9.84 Å². The smallest absolute Gasteiger partial charge is 0.314 e. The molecule has 0 aliphatic heterocycles. The van der Waals surface area contributed by atoms with Crippen molar-refractivity contribution in [3.05, 3.63) is 33.4 Å². The van der Waals surface area contributed by atoms with Crippen molar-refractivity contribution in [1.29, 1.82) is 0 Å². The van der Waals surface area contributed by atoms with E-state index in [1.54, 1.807) is 41.5 Å². The number of esters is 1. The van der Waals surface area contributed by atoms with Crippen LogP contribution in [0.4, 0.5) is 0 Å². The molecule has 0 amide bonds. The Kier molecular flexibility index (Phi) is 11.5. The van der Waals surface area contributed by atoms with Gasteiger partial charge in [-0.1, -0.05) is 32.9 Å². The molecule has 1 rings (SSSR count). The van der Waals surface area contributed by atoms with Crippen LogP contribution in [0.25, 0.3) is 0 Å². The maximum absolute atomic E-state index is 11.7. The summed E-state index contributed by atoms with van der Waals surface area (Å²) in [4.78, 5) is 44.6. The van der Waals surface area contributed by atoms with Gasteiger partial charge in [-0.15, -0.1) is 0 Å². The molecule has 1 atom stereocenters. The van der Waals surface area contributed by atoms with Crippen molar-refractivity contribution in [2.24, 2.45) is 11.3 Å². The molecule has 1 N–H and O–H groups in total. The largest absolute Gasteiger partial charge is 0.481 e. The number of aryl methyl sites for hydroxylation is 1. The van der Waals surface area contributed by atoms with Crippen LogP contribution in [-0.4, -0.2) is 34.2 Å². The van der Waals surface area contributed by atoms with E-state index in [1.165, 1.54) is 10.5 Å². The number of ketones is 2. The fourth-order valence-electron chi connectivity index (χ4n) is 2.72. The average Bonchev–Trinajstić information content (AvgIpc) is 2.50. The molecule has 0 spiro atoms. The van der Waals surface area contributed by atoms with E-state index in [4.69, 9.17) is 9.84 Å². The summed E-state index contributed by atoms with van der Waals surface area (Å²) < 4.78 is 6.28. The zero-order valence-corrected chi connectivity index (χ0v) is 21.0. The molecule has 1 aromatic rings. The van der Waals surface area contributed by atoms with Crippen LogP contribution in [0, 0.1) is 14.9 Å². The van der Waals surface area contributed by atoms with Gasteiger partial charge in [-0.2, -0.15) is 0 Å². The molecule has 6 nitrogen and oxygen atoms in total. The first-order chi connectivity index (χ1) is 13.5. The summed E-state index contributed by atoms with van der Waals surface area (Å²) in [5, 5.41) is 8.66. The lowest BCUT2D eigenvalue weighted by atomic mass is 9.78. The van der Waals surface area contributed by atoms with Crippen molar-refractivity contribution in [3.63, 3.8) is 0 Å². The van der Waals surface area contributed by atoms with Crippen molar-refractivity contribution < 1.29 is 29.0 Å². The number of carbonyl (C=O) groups excluding carboxylic acids is 3. The monoisotopic (exact) mass is 532 g/mol. The third-order valence-corrected chi connectivity index (χ3v) is 4.61. The zero-order chi connectivity index (χ0) is 23.7. The number of aliphatic carboxylic acids is 1. The molecule has 0 bridgehead atoms. The Balaban J connectivity index is 0.000000654. The fourth-order valence-corrected chi connectivity index (χ4v) is 3.08. The highest BCUT2D eigenvalue weighted by Gasteiger charge is 2.34. The molecule has 0 heterocycles. The fraction of sp³-hybridized carbons (Fsp3) is 0.565. The first-order valence-corrected chi connectivity index (χ1v) is 10.8. The molecule has 30 heavy (non-hydrogen) atoms. The predicted molar refractivity (Wildman–Crippen MR) is 124 cm³/mol. The lowest BCUT2D eigenvalue weighted by Gasteiger charge is -2.24. The van der Waals surface area contributed by atoms with Crippen LogP contribution < -0.4 is 0 Å². The van der Waals surface area contributed by atoms with Crippen molar-refractivity contribution in [3.8, 4) is 0 Å². The quantitative estimate of drug-likeness (QED) is 0.307. The van der Waals surface area contributed by atoms with Crippen molar-refractivity contribution in [1.82, 2.24) is 0 Å². The normalized spacial score (nSPS) is 12.3. The van der Waals surface area contributed by atoms with E-state index in [2.05, 4.69) is 22.6 Å². The lowest BCUT2D eigenvalue weighted by Crippen LogP contribution is -2.33. The van der Waals surface area contributed by atoms with Gasteiger partial charge in [0.25, 0.3) is 0 Å². The number of rotatable bonds is 7. The second kappa shape index (κ2) is 12.2. The van der Waals surface area contributed by atoms with Gasteiger partial charge in [-0.25, -0.2) is 0 Å². The number of ether oxygens (including phenoxy) is 1. The topological polar surface area (TPSA) is 97.7 Å². The van der Waals surface area contributed by atoms with E-state index in [-0.39, 0.29) is 18.0 Å². The highest BCUT2D eigenvalue weighted by molar-refractivity contribution is 14.1. The highest BCUT2D eigenvalue weighted by atomic mass is 127.